The largest absolute Gasteiger partial charge is 0.467 e. The Kier molecular flexibility index (Phi) is 6.21. The Morgan fingerprint density at radius 1 is 1.38 bits per heavy atom. The molecule has 1 aromatic rings. The molecular formula is C17H27N3O3S. The van der Waals surface area contributed by atoms with E-state index in [4.69, 9.17) is 4.74 Å². The molecular weight excluding hydrogens is 326 g/mol. The number of hydrogen-bond donors (Lipinski definition) is 1. The van der Waals surface area contributed by atoms with Crippen LogP contribution in [0.4, 0.5) is 4.79 Å². The number of thiazole rings is 1. The molecule has 1 atom stereocenters. The molecule has 1 fully saturated rings. The number of nitrogens with zero attached hydrogens (tertiary/aromatic N) is 2. The highest BCUT2D eigenvalue weighted by atomic mass is 32.1. The fourth-order valence-electron chi connectivity index (χ4n) is 2.43. The molecule has 24 heavy (non-hydrogen) atoms. The van der Waals surface area contributed by atoms with E-state index < -0.39 is 12.0 Å². The summed E-state index contributed by atoms with van der Waals surface area (Å²) in [6.45, 7) is 8.47. The summed E-state index contributed by atoms with van der Waals surface area (Å²) in [6, 6.07) is -0.620. The number of rotatable bonds is 7. The minimum absolute atomic E-state index is 0.0331. The number of ether oxygens (including phenoxy) is 1. The van der Waals surface area contributed by atoms with Crippen molar-refractivity contribution in [3.63, 3.8) is 0 Å². The van der Waals surface area contributed by atoms with Gasteiger partial charge in [0.05, 0.1) is 24.4 Å². The molecule has 1 aromatic heterocycles. The topological polar surface area (TPSA) is 71.5 Å². The van der Waals surface area contributed by atoms with E-state index >= 15 is 0 Å². The second-order valence-electron chi connectivity index (χ2n) is 6.89. The van der Waals surface area contributed by atoms with Crippen molar-refractivity contribution in [2.75, 3.05) is 7.11 Å². The molecule has 0 bridgehead atoms. The SMILES string of the molecule is COC(=O)[C@@H](NC(=O)N(Cc1csc(C(C)C)n1)C1CC1)C(C)C. The lowest BCUT2D eigenvalue weighted by Crippen LogP contribution is -2.51. The first-order valence-corrected chi connectivity index (χ1v) is 9.30. The van der Waals surface area contributed by atoms with Gasteiger partial charge in [0.15, 0.2) is 0 Å². The molecule has 0 aromatic carbocycles. The zero-order chi connectivity index (χ0) is 17.9. The van der Waals surface area contributed by atoms with Crippen LogP contribution in [0.2, 0.25) is 0 Å². The zero-order valence-corrected chi connectivity index (χ0v) is 15.9. The van der Waals surface area contributed by atoms with Crippen LogP contribution in [0.15, 0.2) is 5.38 Å². The molecule has 134 valence electrons. The van der Waals surface area contributed by atoms with Gasteiger partial charge in [0.1, 0.15) is 6.04 Å². The fourth-order valence-corrected chi connectivity index (χ4v) is 3.25. The minimum Gasteiger partial charge on any atom is -0.467 e. The van der Waals surface area contributed by atoms with E-state index in [9.17, 15) is 9.59 Å². The lowest BCUT2D eigenvalue weighted by molar-refractivity contribution is -0.144. The first kappa shape index (κ1) is 18.7. The zero-order valence-electron chi connectivity index (χ0n) is 15.0. The molecule has 0 saturated heterocycles. The average molecular weight is 353 g/mol. The minimum atomic E-state index is -0.634. The molecule has 6 nitrogen and oxygen atoms in total. The standard InChI is InChI=1S/C17H27N3O3S/c1-10(2)14(16(21)23-5)19-17(22)20(13-6-7-13)8-12-9-24-15(18-12)11(3)4/h9-11,13-14H,6-8H2,1-5H3,(H,19,22)/t14-/m0/s1. The molecule has 0 radical (unpaired) electrons. The highest BCUT2D eigenvalue weighted by Gasteiger charge is 2.35. The van der Waals surface area contributed by atoms with Crippen molar-refractivity contribution >= 4 is 23.3 Å². The predicted octanol–water partition coefficient (Wildman–Crippen LogP) is 3.14. The van der Waals surface area contributed by atoms with Gasteiger partial charge in [-0.05, 0) is 18.8 Å². The third kappa shape index (κ3) is 4.69. The van der Waals surface area contributed by atoms with Crippen molar-refractivity contribution < 1.29 is 14.3 Å². The molecule has 2 rings (SSSR count). The van der Waals surface area contributed by atoms with Crippen molar-refractivity contribution in [1.82, 2.24) is 15.2 Å². The quantitative estimate of drug-likeness (QED) is 0.765. The summed E-state index contributed by atoms with van der Waals surface area (Å²) in [5, 5.41) is 5.92. The Hall–Kier alpha value is -1.63. The molecule has 1 aliphatic rings. The van der Waals surface area contributed by atoms with E-state index in [2.05, 4.69) is 24.1 Å². The monoisotopic (exact) mass is 353 g/mol. The number of amides is 2. The van der Waals surface area contributed by atoms with Gasteiger partial charge >= 0.3 is 12.0 Å². The van der Waals surface area contributed by atoms with Crippen LogP contribution in [0.1, 0.15) is 57.2 Å². The van der Waals surface area contributed by atoms with E-state index in [1.807, 2.05) is 19.2 Å². The van der Waals surface area contributed by atoms with Crippen LogP contribution in [0.25, 0.3) is 0 Å². The number of carbonyl (C=O) groups excluding carboxylic acids is 2. The lowest BCUT2D eigenvalue weighted by Gasteiger charge is -2.26. The summed E-state index contributed by atoms with van der Waals surface area (Å²) in [7, 11) is 1.34. The summed E-state index contributed by atoms with van der Waals surface area (Å²) < 4.78 is 4.80. The van der Waals surface area contributed by atoms with Gasteiger partial charge in [0.25, 0.3) is 0 Å². The first-order chi connectivity index (χ1) is 11.3. The molecule has 1 saturated carbocycles. The van der Waals surface area contributed by atoms with Crippen molar-refractivity contribution in [1.29, 1.82) is 0 Å². The second-order valence-corrected chi connectivity index (χ2v) is 7.77. The molecule has 7 heteroatoms. The Morgan fingerprint density at radius 3 is 2.50 bits per heavy atom. The van der Waals surface area contributed by atoms with Gasteiger partial charge in [-0.1, -0.05) is 27.7 Å². The van der Waals surface area contributed by atoms with Gasteiger partial charge in [0, 0.05) is 17.3 Å². The van der Waals surface area contributed by atoms with Crippen LogP contribution in [-0.2, 0) is 16.1 Å². The van der Waals surface area contributed by atoms with Crippen LogP contribution < -0.4 is 5.32 Å². The van der Waals surface area contributed by atoms with Crippen molar-refractivity contribution in [2.24, 2.45) is 5.92 Å². The average Bonchev–Trinajstić information content (AvgIpc) is 3.26. The Bertz CT molecular complexity index is 581. The van der Waals surface area contributed by atoms with Crippen LogP contribution in [0.5, 0.6) is 0 Å². The van der Waals surface area contributed by atoms with Gasteiger partial charge in [-0.2, -0.15) is 0 Å². The Labute approximate surface area is 147 Å². The molecule has 2 amide bonds. The summed E-state index contributed by atoms with van der Waals surface area (Å²) in [6.07, 6.45) is 2.00. The molecule has 0 aliphatic heterocycles. The van der Waals surface area contributed by atoms with E-state index in [1.54, 1.807) is 16.2 Å². The maximum absolute atomic E-state index is 12.7. The van der Waals surface area contributed by atoms with Crippen molar-refractivity contribution in [2.45, 2.75) is 65.1 Å². The highest BCUT2D eigenvalue weighted by molar-refractivity contribution is 7.09. The smallest absolute Gasteiger partial charge is 0.328 e. The molecule has 0 spiro atoms. The Balaban J connectivity index is 2.06. The van der Waals surface area contributed by atoms with E-state index in [0.29, 0.717) is 12.5 Å². The van der Waals surface area contributed by atoms with E-state index in [-0.39, 0.29) is 18.0 Å². The number of carbonyl (C=O) groups is 2. The van der Waals surface area contributed by atoms with E-state index in [0.717, 1.165) is 23.5 Å². The molecule has 1 heterocycles. The lowest BCUT2D eigenvalue weighted by atomic mass is 10.1. The fraction of sp³-hybridized carbons (Fsp3) is 0.706. The number of aromatic nitrogens is 1. The molecule has 1 N–H and O–H groups in total. The van der Waals surface area contributed by atoms with Gasteiger partial charge < -0.3 is 15.0 Å². The van der Waals surface area contributed by atoms with Crippen LogP contribution in [0, 0.1) is 5.92 Å². The normalized spacial score (nSPS) is 15.5. The summed E-state index contributed by atoms with van der Waals surface area (Å²) in [4.78, 5) is 31.0. The summed E-state index contributed by atoms with van der Waals surface area (Å²) in [5.74, 6) is -0.0595. The number of nitrogens with one attached hydrogen (secondary N) is 1. The number of methoxy groups -OCH3 is 1. The number of hydrogen-bond acceptors (Lipinski definition) is 5. The van der Waals surface area contributed by atoms with Gasteiger partial charge in [-0.15, -0.1) is 11.3 Å². The summed E-state index contributed by atoms with van der Waals surface area (Å²) >= 11 is 1.63. The van der Waals surface area contributed by atoms with Crippen LogP contribution in [-0.4, -0.2) is 41.1 Å². The highest BCUT2D eigenvalue weighted by Crippen LogP contribution is 2.29. The third-order valence-electron chi connectivity index (χ3n) is 4.05. The second kappa shape index (κ2) is 7.96. The number of urea groups is 1. The van der Waals surface area contributed by atoms with Gasteiger partial charge in [-0.25, -0.2) is 14.6 Å². The van der Waals surface area contributed by atoms with Gasteiger partial charge in [0.2, 0.25) is 0 Å². The molecule has 0 unspecified atom stereocenters. The van der Waals surface area contributed by atoms with Gasteiger partial charge in [-0.3, -0.25) is 0 Å². The van der Waals surface area contributed by atoms with Crippen molar-refractivity contribution in [3.8, 4) is 0 Å². The predicted molar refractivity (Wildman–Crippen MR) is 93.9 cm³/mol. The van der Waals surface area contributed by atoms with Crippen LogP contribution in [0.3, 0.4) is 0 Å². The Morgan fingerprint density at radius 2 is 2.04 bits per heavy atom. The summed E-state index contributed by atoms with van der Waals surface area (Å²) in [5.41, 5.74) is 0.907. The molecule has 1 aliphatic carbocycles. The maximum Gasteiger partial charge on any atom is 0.328 e. The van der Waals surface area contributed by atoms with E-state index in [1.165, 1.54) is 7.11 Å². The first-order valence-electron chi connectivity index (χ1n) is 8.42. The maximum atomic E-state index is 12.7. The van der Waals surface area contributed by atoms with Crippen molar-refractivity contribution in [3.05, 3.63) is 16.1 Å². The number of esters is 1. The van der Waals surface area contributed by atoms with Crippen LogP contribution >= 0.6 is 11.3 Å². The third-order valence-corrected chi connectivity index (χ3v) is 5.24.